The zero-order valence-corrected chi connectivity index (χ0v) is 18.0. The number of aryl methyl sites for hydroxylation is 1. The van der Waals surface area contributed by atoms with Crippen LogP contribution in [0.3, 0.4) is 0 Å². The number of nitriles is 1. The fourth-order valence-corrected chi connectivity index (χ4v) is 3.63. The molecule has 0 atom stereocenters. The van der Waals surface area contributed by atoms with Gasteiger partial charge in [-0.1, -0.05) is 29.8 Å². The van der Waals surface area contributed by atoms with E-state index < -0.39 is 0 Å². The van der Waals surface area contributed by atoms with E-state index in [0.29, 0.717) is 22.7 Å². The Labute approximate surface area is 189 Å². The first-order chi connectivity index (χ1) is 15.4. The van der Waals surface area contributed by atoms with Crippen LogP contribution in [0.15, 0.2) is 54.9 Å². The molecule has 3 aromatic heterocycles. The Morgan fingerprint density at radius 1 is 1.19 bits per heavy atom. The number of nitrogens with zero attached hydrogens (tertiary/aromatic N) is 4. The second-order valence-corrected chi connectivity index (χ2v) is 7.75. The van der Waals surface area contributed by atoms with Crippen LogP contribution in [0.1, 0.15) is 38.4 Å². The third kappa shape index (κ3) is 4.51. The van der Waals surface area contributed by atoms with Gasteiger partial charge in [-0.2, -0.15) is 5.26 Å². The number of fused-ring (bicyclic) bond motifs is 1. The van der Waals surface area contributed by atoms with E-state index in [2.05, 4.69) is 20.3 Å². The summed E-state index contributed by atoms with van der Waals surface area (Å²) < 4.78 is 0. The maximum atomic E-state index is 12.7. The number of amides is 1. The van der Waals surface area contributed by atoms with Gasteiger partial charge in [0.2, 0.25) is 0 Å². The van der Waals surface area contributed by atoms with E-state index in [0.717, 1.165) is 27.7 Å². The first-order valence-electron chi connectivity index (χ1n) is 9.87. The lowest BCUT2D eigenvalue weighted by molar-refractivity contribution is 0.0950. The van der Waals surface area contributed by atoms with E-state index in [1.807, 2.05) is 30.3 Å². The van der Waals surface area contributed by atoms with Crippen LogP contribution in [-0.4, -0.2) is 20.9 Å². The van der Waals surface area contributed by atoms with Gasteiger partial charge < -0.3 is 11.1 Å². The molecule has 4 rings (SSSR count). The van der Waals surface area contributed by atoms with Gasteiger partial charge in [0.15, 0.2) is 0 Å². The number of carbonyl (C=O) groups is 1. The molecule has 0 saturated heterocycles. The van der Waals surface area contributed by atoms with Crippen molar-refractivity contribution >= 4 is 34.2 Å². The largest absolute Gasteiger partial charge is 0.383 e. The van der Waals surface area contributed by atoms with E-state index in [9.17, 15) is 4.79 Å². The topological polar surface area (TPSA) is 118 Å². The number of pyridine rings is 3. The minimum atomic E-state index is -0.244. The third-order valence-electron chi connectivity index (χ3n) is 5.12. The second kappa shape index (κ2) is 9.00. The predicted molar refractivity (Wildman–Crippen MR) is 123 cm³/mol. The van der Waals surface area contributed by atoms with Gasteiger partial charge in [0.25, 0.3) is 5.91 Å². The lowest BCUT2D eigenvalue weighted by atomic mass is 10.0. The number of nitrogens with two attached hydrogens (primary N) is 1. The summed E-state index contributed by atoms with van der Waals surface area (Å²) in [5.41, 5.74) is 10.5. The Kier molecular flexibility index (Phi) is 5.97. The van der Waals surface area contributed by atoms with Crippen molar-refractivity contribution < 1.29 is 4.79 Å². The van der Waals surface area contributed by atoms with E-state index in [1.54, 1.807) is 37.5 Å². The van der Waals surface area contributed by atoms with Crippen LogP contribution in [0.2, 0.25) is 5.02 Å². The molecule has 7 nitrogen and oxygen atoms in total. The molecular weight excluding hydrogens is 424 g/mol. The summed E-state index contributed by atoms with van der Waals surface area (Å²) in [5.74, 6) is -0.0599. The van der Waals surface area contributed by atoms with Gasteiger partial charge >= 0.3 is 0 Å². The van der Waals surface area contributed by atoms with Crippen molar-refractivity contribution in [2.45, 2.75) is 19.9 Å². The first kappa shape index (κ1) is 21.2. The molecule has 8 heteroatoms. The zero-order chi connectivity index (χ0) is 22.7. The summed E-state index contributed by atoms with van der Waals surface area (Å²) in [5, 5.41) is 13.6. The molecule has 0 fully saturated rings. The molecule has 0 bridgehead atoms. The average molecular weight is 443 g/mol. The molecule has 4 aromatic rings. The maximum absolute atomic E-state index is 12.7. The Hall–Kier alpha value is -4.02. The molecule has 1 amide bonds. The van der Waals surface area contributed by atoms with Gasteiger partial charge in [-0.15, -0.1) is 0 Å². The first-order valence-corrected chi connectivity index (χ1v) is 10.2. The van der Waals surface area contributed by atoms with Crippen LogP contribution in [0.25, 0.3) is 10.9 Å². The van der Waals surface area contributed by atoms with Crippen LogP contribution in [-0.2, 0) is 13.0 Å². The van der Waals surface area contributed by atoms with Crippen molar-refractivity contribution in [3.8, 4) is 6.07 Å². The molecule has 0 aliphatic rings. The number of nitrogens with one attached hydrogen (secondary N) is 1. The number of nitrogen functional groups attached to an aromatic ring is 1. The minimum Gasteiger partial charge on any atom is -0.383 e. The Balaban J connectivity index is 1.51. The normalized spacial score (nSPS) is 10.7. The Morgan fingerprint density at radius 3 is 2.84 bits per heavy atom. The number of anilines is 1. The number of rotatable bonds is 5. The van der Waals surface area contributed by atoms with Crippen LogP contribution in [0.4, 0.5) is 5.82 Å². The van der Waals surface area contributed by atoms with Crippen molar-refractivity contribution in [2.75, 3.05) is 5.73 Å². The van der Waals surface area contributed by atoms with Crippen LogP contribution in [0, 0.1) is 18.3 Å². The number of para-hydroxylation sites is 1. The van der Waals surface area contributed by atoms with E-state index in [1.165, 1.54) is 0 Å². The fraction of sp³-hybridized carbons (Fsp3) is 0.125. The number of halogens is 1. The fourth-order valence-electron chi connectivity index (χ4n) is 3.46. The molecule has 0 unspecified atom stereocenters. The third-order valence-corrected chi connectivity index (χ3v) is 5.33. The van der Waals surface area contributed by atoms with Crippen LogP contribution in [0.5, 0.6) is 0 Å². The van der Waals surface area contributed by atoms with Gasteiger partial charge in [0.05, 0.1) is 16.1 Å². The highest BCUT2D eigenvalue weighted by Crippen LogP contribution is 2.22. The van der Waals surface area contributed by atoms with E-state index in [-0.39, 0.29) is 23.8 Å². The van der Waals surface area contributed by atoms with Gasteiger partial charge in [-0.05, 0) is 42.3 Å². The number of hydrogen-bond donors (Lipinski definition) is 2. The summed E-state index contributed by atoms with van der Waals surface area (Å²) >= 11 is 6.05. The molecule has 0 saturated carbocycles. The predicted octanol–water partition coefficient (Wildman–Crippen LogP) is 3.96. The highest BCUT2D eigenvalue weighted by Gasteiger charge is 2.12. The standard InChI is InChI=1S/C24H19ClN6O/c1-14-19(7-18(11-26)23(27)31-14)12-30-24(32)17-5-6-28-21(10-17)9-16-4-2-3-15-8-20(25)13-29-22(15)16/h2-8,10,13H,9,12H2,1H3,(H2,27,31)(H,30,32). The number of benzene rings is 1. The van der Waals surface area contributed by atoms with Crippen molar-refractivity contribution in [3.63, 3.8) is 0 Å². The molecule has 158 valence electrons. The Morgan fingerprint density at radius 2 is 2.03 bits per heavy atom. The molecule has 3 N–H and O–H groups in total. The maximum Gasteiger partial charge on any atom is 0.251 e. The SMILES string of the molecule is Cc1nc(N)c(C#N)cc1CNC(=O)c1ccnc(Cc2cccc3cc(Cl)cnc23)c1. The number of carbonyl (C=O) groups excluding carboxylic acids is 1. The van der Waals surface area contributed by atoms with Gasteiger partial charge in [-0.25, -0.2) is 4.98 Å². The molecule has 0 aliphatic carbocycles. The van der Waals surface area contributed by atoms with Crippen molar-refractivity contribution in [3.05, 3.63) is 93.5 Å². The van der Waals surface area contributed by atoms with Crippen molar-refractivity contribution in [2.24, 2.45) is 0 Å². The molecule has 0 aliphatic heterocycles. The zero-order valence-electron chi connectivity index (χ0n) is 17.3. The molecule has 32 heavy (non-hydrogen) atoms. The summed E-state index contributed by atoms with van der Waals surface area (Å²) in [4.78, 5) is 25.8. The van der Waals surface area contributed by atoms with Gasteiger partial charge in [-0.3, -0.25) is 14.8 Å². The van der Waals surface area contributed by atoms with Crippen LogP contribution < -0.4 is 11.1 Å². The van der Waals surface area contributed by atoms with Gasteiger partial charge in [0.1, 0.15) is 11.9 Å². The quantitative estimate of drug-likeness (QED) is 0.483. The smallest absolute Gasteiger partial charge is 0.251 e. The summed E-state index contributed by atoms with van der Waals surface area (Å²) in [7, 11) is 0. The summed E-state index contributed by atoms with van der Waals surface area (Å²) in [6.07, 6.45) is 3.76. The summed E-state index contributed by atoms with van der Waals surface area (Å²) in [6, 6.07) is 14.8. The monoisotopic (exact) mass is 442 g/mol. The molecule has 1 aromatic carbocycles. The van der Waals surface area contributed by atoms with Crippen molar-refractivity contribution in [1.82, 2.24) is 20.3 Å². The molecule has 3 heterocycles. The highest BCUT2D eigenvalue weighted by molar-refractivity contribution is 6.31. The molecule has 0 radical (unpaired) electrons. The average Bonchev–Trinajstić information content (AvgIpc) is 2.78. The lowest BCUT2D eigenvalue weighted by Crippen LogP contribution is -2.24. The number of aromatic nitrogens is 3. The van der Waals surface area contributed by atoms with Gasteiger partial charge in [0, 0.05) is 47.7 Å². The van der Waals surface area contributed by atoms with E-state index >= 15 is 0 Å². The van der Waals surface area contributed by atoms with Crippen LogP contribution >= 0.6 is 11.6 Å². The molecule has 0 spiro atoms. The lowest BCUT2D eigenvalue weighted by Gasteiger charge is -2.10. The Bertz CT molecular complexity index is 1380. The van der Waals surface area contributed by atoms with E-state index in [4.69, 9.17) is 22.6 Å². The second-order valence-electron chi connectivity index (χ2n) is 7.32. The molecular formula is C24H19ClN6O. The summed E-state index contributed by atoms with van der Waals surface area (Å²) in [6.45, 7) is 2.02. The number of hydrogen-bond acceptors (Lipinski definition) is 6. The minimum absolute atomic E-state index is 0.184. The van der Waals surface area contributed by atoms with Crippen molar-refractivity contribution in [1.29, 1.82) is 5.26 Å². The highest BCUT2D eigenvalue weighted by atomic mass is 35.5.